The van der Waals surface area contributed by atoms with Gasteiger partial charge in [0.2, 0.25) is 0 Å². The van der Waals surface area contributed by atoms with Crippen molar-refractivity contribution in [3.63, 3.8) is 0 Å². The van der Waals surface area contributed by atoms with E-state index in [9.17, 15) is 0 Å². The van der Waals surface area contributed by atoms with Crippen LogP contribution in [-0.4, -0.2) is 10.6 Å². The molecule has 1 heterocycles. The van der Waals surface area contributed by atoms with Gasteiger partial charge in [0.05, 0.1) is 5.76 Å². The molecule has 0 saturated carbocycles. The molecule has 0 saturated heterocycles. The molecule has 15 heavy (non-hydrogen) atoms. The van der Waals surface area contributed by atoms with Gasteiger partial charge in [-0.1, -0.05) is 6.58 Å². The Kier molecular flexibility index (Phi) is 3.91. The molecule has 0 radical (unpaired) electrons. The summed E-state index contributed by atoms with van der Waals surface area (Å²) in [6.07, 6.45) is 2.43. The van der Waals surface area contributed by atoms with Crippen molar-refractivity contribution in [2.75, 3.05) is 0 Å². The van der Waals surface area contributed by atoms with Gasteiger partial charge in [0, 0.05) is 22.8 Å². The fraction of sp³-hybridized carbons (Fsp3) is 0.417. The van der Waals surface area contributed by atoms with Gasteiger partial charge in [0.1, 0.15) is 5.60 Å². The third-order valence-corrected chi connectivity index (χ3v) is 2.09. The first-order valence-electron chi connectivity index (χ1n) is 4.84. The minimum atomic E-state index is -0.188. The predicted octanol–water partition coefficient (Wildman–Crippen LogP) is 3.72. The minimum absolute atomic E-state index is 0.188. The van der Waals surface area contributed by atoms with Gasteiger partial charge < -0.3 is 4.74 Å². The zero-order valence-corrected chi connectivity index (χ0v) is 11.0. The highest BCUT2D eigenvalue weighted by atomic mass is 79.9. The third-order valence-electron chi connectivity index (χ3n) is 1.62. The summed E-state index contributed by atoms with van der Waals surface area (Å²) in [5.74, 6) is 0.748. The summed E-state index contributed by atoms with van der Waals surface area (Å²) in [5.41, 5.74) is 0.777. The van der Waals surface area contributed by atoms with Crippen molar-refractivity contribution in [3.05, 3.63) is 40.8 Å². The zero-order valence-electron chi connectivity index (χ0n) is 9.38. The number of nitrogens with zero attached hydrogens (tertiary/aromatic N) is 1. The van der Waals surface area contributed by atoms with Crippen molar-refractivity contribution in [2.45, 2.75) is 32.8 Å². The van der Waals surface area contributed by atoms with Crippen LogP contribution in [0.5, 0.6) is 0 Å². The fourth-order valence-corrected chi connectivity index (χ4v) is 1.42. The number of aromatic nitrogens is 1. The lowest BCUT2D eigenvalue weighted by Crippen LogP contribution is -2.19. The monoisotopic (exact) mass is 269 g/mol. The maximum atomic E-state index is 5.63. The number of rotatable bonds is 3. The molecule has 1 rings (SSSR count). The van der Waals surface area contributed by atoms with Gasteiger partial charge in [0.15, 0.2) is 0 Å². The molecule has 0 spiro atoms. The van der Waals surface area contributed by atoms with E-state index in [0.29, 0.717) is 6.42 Å². The molecule has 0 unspecified atom stereocenters. The number of pyridine rings is 1. The first kappa shape index (κ1) is 12.2. The maximum absolute atomic E-state index is 5.63. The van der Waals surface area contributed by atoms with Gasteiger partial charge in [-0.05, 0) is 48.8 Å². The van der Waals surface area contributed by atoms with Crippen molar-refractivity contribution in [2.24, 2.45) is 0 Å². The standard InChI is InChI=1S/C12H16BrNO/c1-9(15-12(2,3)4)7-11-6-5-10(13)8-14-11/h5-6,8H,1,7H2,2-4H3. The second-order valence-electron chi connectivity index (χ2n) is 4.40. The summed E-state index contributed by atoms with van der Waals surface area (Å²) in [7, 11) is 0. The maximum Gasteiger partial charge on any atom is 0.100 e. The van der Waals surface area contributed by atoms with Gasteiger partial charge in [-0.25, -0.2) is 0 Å². The Balaban J connectivity index is 2.55. The fourth-order valence-electron chi connectivity index (χ4n) is 1.18. The molecule has 3 heteroatoms. The summed E-state index contributed by atoms with van der Waals surface area (Å²) >= 11 is 3.34. The van der Waals surface area contributed by atoms with Crippen LogP contribution in [0.25, 0.3) is 0 Å². The van der Waals surface area contributed by atoms with Gasteiger partial charge >= 0.3 is 0 Å². The minimum Gasteiger partial charge on any atom is -0.493 e. The first-order valence-corrected chi connectivity index (χ1v) is 5.63. The van der Waals surface area contributed by atoms with Crippen LogP contribution >= 0.6 is 15.9 Å². The Hall–Kier alpha value is -0.830. The van der Waals surface area contributed by atoms with E-state index in [4.69, 9.17) is 4.74 Å². The highest BCUT2D eigenvalue weighted by molar-refractivity contribution is 9.10. The number of halogens is 1. The van der Waals surface area contributed by atoms with Gasteiger partial charge in [-0.2, -0.15) is 0 Å². The molecule has 0 aliphatic rings. The summed E-state index contributed by atoms with van der Waals surface area (Å²) in [6, 6.07) is 3.92. The number of allylic oxidation sites excluding steroid dienone is 1. The van der Waals surface area contributed by atoms with Gasteiger partial charge in [-0.15, -0.1) is 0 Å². The normalized spacial score (nSPS) is 11.2. The highest BCUT2D eigenvalue weighted by Gasteiger charge is 2.12. The Morgan fingerprint density at radius 3 is 2.60 bits per heavy atom. The highest BCUT2D eigenvalue weighted by Crippen LogP contribution is 2.16. The van der Waals surface area contributed by atoms with Crippen molar-refractivity contribution in [1.82, 2.24) is 4.98 Å². The molecule has 82 valence electrons. The molecule has 0 N–H and O–H groups in total. The van der Waals surface area contributed by atoms with Crippen molar-refractivity contribution < 1.29 is 4.74 Å². The van der Waals surface area contributed by atoms with Crippen molar-refractivity contribution in [1.29, 1.82) is 0 Å². The summed E-state index contributed by atoms with van der Waals surface area (Å²) < 4.78 is 6.61. The number of hydrogen-bond donors (Lipinski definition) is 0. The quantitative estimate of drug-likeness (QED) is 0.781. The van der Waals surface area contributed by atoms with Gasteiger partial charge in [0.25, 0.3) is 0 Å². The van der Waals surface area contributed by atoms with Crippen LogP contribution in [0.1, 0.15) is 26.5 Å². The SMILES string of the molecule is C=C(Cc1ccc(Br)cn1)OC(C)(C)C. The second-order valence-corrected chi connectivity index (χ2v) is 5.31. The molecule has 1 aromatic heterocycles. The molecular formula is C12H16BrNO. The molecule has 0 aromatic carbocycles. The van der Waals surface area contributed by atoms with Crippen LogP contribution < -0.4 is 0 Å². The van der Waals surface area contributed by atoms with E-state index in [0.717, 1.165) is 15.9 Å². The molecule has 0 atom stereocenters. The van der Waals surface area contributed by atoms with E-state index in [1.165, 1.54) is 0 Å². The number of hydrogen-bond acceptors (Lipinski definition) is 2. The first-order chi connectivity index (χ1) is 6.87. The van der Waals surface area contributed by atoms with Crippen LogP contribution in [0, 0.1) is 0 Å². The predicted molar refractivity (Wildman–Crippen MR) is 65.6 cm³/mol. The van der Waals surface area contributed by atoms with E-state index in [1.54, 1.807) is 6.20 Å². The Morgan fingerprint density at radius 1 is 1.47 bits per heavy atom. The largest absolute Gasteiger partial charge is 0.493 e. The average molecular weight is 270 g/mol. The lowest BCUT2D eigenvalue weighted by molar-refractivity contribution is 0.0498. The van der Waals surface area contributed by atoms with Crippen molar-refractivity contribution >= 4 is 15.9 Å². The van der Waals surface area contributed by atoms with Crippen LogP contribution in [0.4, 0.5) is 0 Å². The summed E-state index contributed by atoms with van der Waals surface area (Å²) in [5, 5.41) is 0. The van der Waals surface area contributed by atoms with Crippen LogP contribution in [-0.2, 0) is 11.2 Å². The van der Waals surface area contributed by atoms with E-state index < -0.39 is 0 Å². The van der Waals surface area contributed by atoms with Crippen molar-refractivity contribution in [3.8, 4) is 0 Å². The Labute approximate surface area is 99.5 Å². The number of ether oxygens (including phenoxy) is 1. The van der Waals surface area contributed by atoms with Gasteiger partial charge in [-0.3, -0.25) is 4.98 Å². The lowest BCUT2D eigenvalue weighted by Gasteiger charge is -2.22. The molecule has 0 fully saturated rings. The van der Waals surface area contributed by atoms with E-state index >= 15 is 0 Å². The Bertz CT molecular complexity index is 338. The smallest absolute Gasteiger partial charge is 0.100 e. The molecule has 0 aliphatic heterocycles. The zero-order chi connectivity index (χ0) is 11.5. The summed E-state index contributed by atoms with van der Waals surface area (Å²) in [4.78, 5) is 4.26. The molecule has 1 aromatic rings. The third kappa shape index (κ3) is 4.98. The average Bonchev–Trinajstić information content (AvgIpc) is 2.05. The van der Waals surface area contributed by atoms with E-state index in [1.807, 2.05) is 32.9 Å². The molecule has 2 nitrogen and oxygen atoms in total. The Morgan fingerprint density at radius 2 is 2.13 bits per heavy atom. The molecule has 0 amide bonds. The second kappa shape index (κ2) is 4.79. The topological polar surface area (TPSA) is 22.1 Å². The summed E-state index contributed by atoms with van der Waals surface area (Å²) in [6.45, 7) is 9.91. The molecule has 0 bridgehead atoms. The van der Waals surface area contributed by atoms with Crippen LogP contribution in [0.3, 0.4) is 0 Å². The lowest BCUT2D eigenvalue weighted by atomic mass is 10.2. The van der Waals surface area contributed by atoms with E-state index in [-0.39, 0.29) is 5.60 Å². The molecular weight excluding hydrogens is 254 g/mol. The molecule has 0 aliphatic carbocycles. The van der Waals surface area contributed by atoms with E-state index in [2.05, 4.69) is 27.5 Å². The van der Waals surface area contributed by atoms with Crippen LogP contribution in [0.15, 0.2) is 35.1 Å². The van der Waals surface area contributed by atoms with Crippen LogP contribution in [0.2, 0.25) is 0 Å².